The molecule has 4 rings (SSSR count). The fourth-order valence-electron chi connectivity index (χ4n) is 4.47. The van der Waals surface area contributed by atoms with E-state index < -0.39 is 5.97 Å². The van der Waals surface area contributed by atoms with Crippen LogP contribution in [0.1, 0.15) is 40.7 Å². The molecular weight excluding hydrogens is 372 g/mol. The topological polar surface area (TPSA) is 63.6 Å². The molecule has 1 aromatic heterocycles. The quantitative estimate of drug-likeness (QED) is 0.666. The first-order chi connectivity index (χ1) is 13.6. The second-order valence-corrected chi connectivity index (χ2v) is 8.49. The molecule has 3 heterocycles. The van der Waals surface area contributed by atoms with Gasteiger partial charge in [-0.15, -0.1) is 0 Å². The summed E-state index contributed by atoms with van der Waals surface area (Å²) in [4.78, 5) is 23.3. The van der Waals surface area contributed by atoms with Crippen molar-refractivity contribution in [1.29, 1.82) is 0 Å². The highest BCUT2D eigenvalue weighted by molar-refractivity contribution is 7.08. The number of carbonyl (C=O) groups excluding carboxylic acids is 1. The molecule has 1 unspecified atom stereocenters. The number of allylic oxidation sites excluding steroid dienone is 1. The summed E-state index contributed by atoms with van der Waals surface area (Å²) in [5.74, 6) is -0.0406. The van der Waals surface area contributed by atoms with Crippen molar-refractivity contribution in [3.05, 3.63) is 69.9 Å². The predicted molar refractivity (Wildman–Crippen MR) is 109 cm³/mol. The number of carboxylic acid groups (broad SMARTS) is 1. The van der Waals surface area contributed by atoms with Crippen molar-refractivity contribution in [2.75, 3.05) is 0 Å². The van der Waals surface area contributed by atoms with Crippen LogP contribution in [-0.4, -0.2) is 29.1 Å². The number of aromatic carboxylic acids is 1. The molecule has 2 aromatic rings. The lowest BCUT2D eigenvalue weighted by atomic mass is 9.76. The van der Waals surface area contributed by atoms with Gasteiger partial charge in [0.2, 0.25) is 0 Å². The first-order valence-electron chi connectivity index (χ1n) is 9.80. The van der Waals surface area contributed by atoms with Gasteiger partial charge in [-0.25, -0.2) is 4.79 Å². The standard InChI is InChI=1S/C23H24O4S/c24-18(13-16-11-12-28-14-16)6-8-20-19(21-9-10-22(20)27-21)7-3-15-1-4-17(5-2-15)23(25)26/h1-2,4-6,8,11-12,14,19-22H,3,7,9-10,13H2,(H,25,26)/b8-6+/t19-,20-,21?,22-/m0/s1. The van der Waals surface area contributed by atoms with E-state index in [1.807, 2.05) is 29.0 Å². The molecule has 28 heavy (non-hydrogen) atoms. The number of ether oxygens (including phenoxy) is 1. The average Bonchev–Trinajstić information content (AvgIpc) is 3.43. The van der Waals surface area contributed by atoms with Crippen molar-refractivity contribution in [2.24, 2.45) is 11.8 Å². The molecule has 2 aliphatic heterocycles. The number of aryl methyl sites for hydroxylation is 1. The number of benzene rings is 1. The minimum absolute atomic E-state index is 0.143. The third-order valence-electron chi connectivity index (χ3n) is 5.92. The Bertz CT molecular complexity index is 853. The monoisotopic (exact) mass is 396 g/mol. The number of fused-ring (bicyclic) bond motifs is 2. The van der Waals surface area contributed by atoms with Crippen molar-refractivity contribution >= 4 is 23.1 Å². The van der Waals surface area contributed by atoms with Crippen LogP contribution in [-0.2, 0) is 22.4 Å². The van der Waals surface area contributed by atoms with Gasteiger partial charge in [0.25, 0.3) is 0 Å². The second-order valence-electron chi connectivity index (χ2n) is 7.71. The number of thiophene rings is 1. The lowest BCUT2D eigenvalue weighted by molar-refractivity contribution is -0.114. The first kappa shape index (κ1) is 19.1. The van der Waals surface area contributed by atoms with E-state index in [0.717, 1.165) is 36.8 Å². The molecule has 0 radical (unpaired) electrons. The molecule has 4 atom stereocenters. The normalized spacial score (nSPS) is 26.1. The van der Waals surface area contributed by atoms with Crippen molar-refractivity contribution in [3.63, 3.8) is 0 Å². The van der Waals surface area contributed by atoms with Gasteiger partial charge >= 0.3 is 5.97 Å². The largest absolute Gasteiger partial charge is 0.478 e. The predicted octanol–water partition coefficient (Wildman–Crippen LogP) is 4.54. The Balaban J connectivity index is 1.37. The van der Waals surface area contributed by atoms with Gasteiger partial charge in [0.05, 0.1) is 17.8 Å². The Morgan fingerprint density at radius 1 is 1.11 bits per heavy atom. The molecule has 5 heteroatoms. The molecule has 0 amide bonds. The molecule has 0 saturated carbocycles. The summed E-state index contributed by atoms with van der Waals surface area (Å²) in [5.41, 5.74) is 2.53. The number of rotatable bonds is 8. The second kappa shape index (κ2) is 8.41. The van der Waals surface area contributed by atoms with Gasteiger partial charge in [0.15, 0.2) is 5.78 Å². The minimum atomic E-state index is -0.898. The van der Waals surface area contributed by atoms with E-state index in [9.17, 15) is 9.59 Å². The van der Waals surface area contributed by atoms with Gasteiger partial charge in [-0.3, -0.25) is 4.79 Å². The molecular formula is C23H24O4S. The van der Waals surface area contributed by atoms with E-state index in [-0.39, 0.29) is 18.0 Å². The van der Waals surface area contributed by atoms with Crippen LogP contribution in [0.5, 0.6) is 0 Å². The van der Waals surface area contributed by atoms with E-state index in [1.165, 1.54) is 0 Å². The van der Waals surface area contributed by atoms with Crippen LogP contribution in [0.4, 0.5) is 0 Å². The van der Waals surface area contributed by atoms with Gasteiger partial charge in [0, 0.05) is 12.3 Å². The summed E-state index contributed by atoms with van der Waals surface area (Å²) in [6.45, 7) is 0. The van der Waals surface area contributed by atoms with Crippen molar-refractivity contribution < 1.29 is 19.4 Å². The Hall–Kier alpha value is -2.24. The minimum Gasteiger partial charge on any atom is -0.478 e. The number of carboxylic acids is 1. The molecule has 2 bridgehead atoms. The molecule has 2 fully saturated rings. The molecule has 0 aliphatic carbocycles. The average molecular weight is 397 g/mol. The third kappa shape index (κ3) is 4.26. The van der Waals surface area contributed by atoms with Crippen LogP contribution in [0.25, 0.3) is 0 Å². The van der Waals surface area contributed by atoms with E-state index in [4.69, 9.17) is 9.84 Å². The van der Waals surface area contributed by atoms with Crippen LogP contribution < -0.4 is 0 Å². The summed E-state index contributed by atoms with van der Waals surface area (Å²) in [6, 6.07) is 9.11. The zero-order chi connectivity index (χ0) is 19.5. The Morgan fingerprint density at radius 2 is 1.89 bits per heavy atom. The van der Waals surface area contributed by atoms with Gasteiger partial charge in [-0.05, 0) is 77.8 Å². The molecule has 2 saturated heterocycles. The zero-order valence-corrected chi connectivity index (χ0v) is 16.4. The van der Waals surface area contributed by atoms with E-state index in [2.05, 4.69) is 6.08 Å². The zero-order valence-electron chi connectivity index (χ0n) is 15.6. The van der Waals surface area contributed by atoms with Crippen LogP contribution in [0.3, 0.4) is 0 Å². The lowest BCUT2D eigenvalue weighted by Gasteiger charge is -2.25. The number of hydrogen-bond acceptors (Lipinski definition) is 4. The lowest BCUT2D eigenvalue weighted by Crippen LogP contribution is -2.26. The molecule has 1 N–H and O–H groups in total. The highest BCUT2D eigenvalue weighted by Gasteiger charge is 2.47. The molecule has 1 aromatic carbocycles. The van der Waals surface area contributed by atoms with Crippen LogP contribution >= 0.6 is 11.3 Å². The van der Waals surface area contributed by atoms with Crippen molar-refractivity contribution in [1.82, 2.24) is 0 Å². The van der Waals surface area contributed by atoms with Crippen LogP contribution in [0.15, 0.2) is 53.2 Å². The maximum Gasteiger partial charge on any atom is 0.335 e. The Kier molecular flexibility index (Phi) is 5.74. The highest BCUT2D eigenvalue weighted by atomic mass is 32.1. The summed E-state index contributed by atoms with van der Waals surface area (Å²) in [6.07, 6.45) is 8.86. The fourth-order valence-corrected chi connectivity index (χ4v) is 5.14. The first-order valence-corrected chi connectivity index (χ1v) is 10.7. The fraction of sp³-hybridized carbons (Fsp3) is 0.391. The van der Waals surface area contributed by atoms with Gasteiger partial charge in [0.1, 0.15) is 0 Å². The van der Waals surface area contributed by atoms with Crippen molar-refractivity contribution in [2.45, 2.75) is 44.3 Å². The Morgan fingerprint density at radius 3 is 2.61 bits per heavy atom. The SMILES string of the molecule is O=C(/C=C/[C@@H]1[C@@H]2CCC(O2)[C@H]1CCc1ccc(C(=O)O)cc1)Cc1ccsc1. The Labute approximate surface area is 168 Å². The van der Waals surface area contributed by atoms with E-state index >= 15 is 0 Å². The molecule has 0 spiro atoms. The van der Waals surface area contributed by atoms with Crippen LogP contribution in [0.2, 0.25) is 0 Å². The molecule has 146 valence electrons. The summed E-state index contributed by atoms with van der Waals surface area (Å²) < 4.78 is 6.14. The molecule has 4 nitrogen and oxygen atoms in total. The van der Waals surface area contributed by atoms with Gasteiger partial charge < -0.3 is 9.84 Å². The number of ketones is 1. The summed E-state index contributed by atoms with van der Waals surface area (Å²) in [7, 11) is 0. The number of carbonyl (C=O) groups is 2. The smallest absolute Gasteiger partial charge is 0.335 e. The summed E-state index contributed by atoms with van der Waals surface area (Å²) in [5, 5.41) is 13.0. The maximum absolute atomic E-state index is 12.3. The van der Waals surface area contributed by atoms with Gasteiger partial charge in [-0.2, -0.15) is 11.3 Å². The van der Waals surface area contributed by atoms with E-state index in [0.29, 0.717) is 23.8 Å². The molecule has 2 aliphatic rings. The van der Waals surface area contributed by atoms with Gasteiger partial charge in [-0.1, -0.05) is 18.2 Å². The van der Waals surface area contributed by atoms with Crippen LogP contribution in [0, 0.1) is 11.8 Å². The number of hydrogen-bond donors (Lipinski definition) is 1. The van der Waals surface area contributed by atoms with Crippen molar-refractivity contribution in [3.8, 4) is 0 Å². The van der Waals surface area contributed by atoms with E-state index in [1.54, 1.807) is 29.5 Å². The summed E-state index contributed by atoms with van der Waals surface area (Å²) >= 11 is 1.61. The third-order valence-corrected chi connectivity index (χ3v) is 6.65. The maximum atomic E-state index is 12.3. The highest BCUT2D eigenvalue weighted by Crippen LogP contribution is 2.46.